The predicted octanol–water partition coefficient (Wildman–Crippen LogP) is 2.47. The zero-order valence-electron chi connectivity index (χ0n) is 11.9. The minimum absolute atomic E-state index is 0.141. The number of rotatable bonds is 4. The molecule has 110 valence electrons. The topological polar surface area (TPSA) is 58.4 Å². The Morgan fingerprint density at radius 3 is 2.80 bits per heavy atom. The zero-order chi connectivity index (χ0) is 14.5. The number of nitrogens with two attached hydrogens (primary N) is 1. The lowest BCUT2D eigenvalue weighted by Gasteiger charge is -2.30. The highest BCUT2D eigenvalue weighted by Crippen LogP contribution is 2.21. The summed E-state index contributed by atoms with van der Waals surface area (Å²) in [6, 6.07) is 3.98. The molecule has 1 aromatic carbocycles. The maximum Gasteiger partial charge on any atom is 0.238 e. The molecule has 20 heavy (non-hydrogen) atoms. The summed E-state index contributed by atoms with van der Waals surface area (Å²) in [4.78, 5) is 14.1. The Morgan fingerprint density at radius 2 is 2.15 bits per heavy atom. The van der Waals surface area contributed by atoms with E-state index >= 15 is 0 Å². The summed E-state index contributed by atoms with van der Waals surface area (Å²) >= 11 is 0. The number of anilines is 2. The second-order valence-electron chi connectivity index (χ2n) is 5.41. The number of halogens is 1. The maximum absolute atomic E-state index is 13.1. The number of hydrogen-bond donors (Lipinski definition) is 2. The van der Waals surface area contributed by atoms with Crippen molar-refractivity contribution in [2.24, 2.45) is 5.92 Å². The number of nitrogens with zero attached hydrogens (tertiary/aromatic N) is 1. The van der Waals surface area contributed by atoms with Gasteiger partial charge in [0.15, 0.2) is 0 Å². The van der Waals surface area contributed by atoms with Crippen molar-refractivity contribution in [3.05, 3.63) is 24.0 Å². The van der Waals surface area contributed by atoms with Crippen LogP contribution in [-0.2, 0) is 4.79 Å². The van der Waals surface area contributed by atoms with Gasteiger partial charge in [-0.2, -0.15) is 0 Å². The molecule has 0 bridgehead atoms. The molecule has 0 atom stereocenters. The molecule has 0 unspecified atom stereocenters. The third kappa shape index (κ3) is 3.93. The summed E-state index contributed by atoms with van der Waals surface area (Å²) in [6.07, 6.45) is 3.50. The largest absolute Gasteiger partial charge is 0.397 e. The molecule has 2 rings (SSSR count). The van der Waals surface area contributed by atoms with Crippen molar-refractivity contribution in [1.29, 1.82) is 0 Å². The van der Waals surface area contributed by atoms with Crippen LogP contribution in [0.2, 0.25) is 0 Å². The fourth-order valence-corrected chi connectivity index (χ4v) is 2.58. The van der Waals surface area contributed by atoms with Crippen LogP contribution < -0.4 is 11.1 Å². The standard InChI is InChI=1S/C15H22FN3O/c1-2-11-5-7-19(8-6-11)10-15(20)18-14-9-12(16)3-4-13(14)17/h3-4,9,11H,2,5-8,10,17H2,1H3,(H,18,20). The average Bonchev–Trinajstić information content (AvgIpc) is 2.43. The SMILES string of the molecule is CCC1CCN(CC(=O)Nc2cc(F)ccc2N)CC1. The van der Waals surface area contributed by atoms with Gasteiger partial charge >= 0.3 is 0 Å². The Hall–Kier alpha value is -1.62. The maximum atomic E-state index is 13.1. The van der Waals surface area contributed by atoms with Crippen LogP contribution in [0.15, 0.2) is 18.2 Å². The van der Waals surface area contributed by atoms with Crippen LogP contribution in [-0.4, -0.2) is 30.4 Å². The molecule has 0 spiro atoms. The first-order valence-corrected chi connectivity index (χ1v) is 7.15. The predicted molar refractivity (Wildman–Crippen MR) is 78.9 cm³/mol. The van der Waals surface area contributed by atoms with E-state index < -0.39 is 5.82 Å². The number of nitrogen functional groups attached to an aromatic ring is 1. The van der Waals surface area contributed by atoms with Crippen LogP contribution in [0.4, 0.5) is 15.8 Å². The van der Waals surface area contributed by atoms with Crippen LogP contribution >= 0.6 is 0 Å². The Bertz CT molecular complexity index is 470. The van der Waals surface area contributed by atoms with E-state index in [1.165, 1.54) is 24.6 Å². The van der Waals surface area contributed by atoms with Crippen LogP contribution in [0.1, 0.15) is 26.2 Å². The number of amides is 1. The second-order valence-corrected chi connectivity index (χ2v) is 5.41. The van der Waals surface area contributed by atoms with Crippen molar-refractivity contribution < 1.29 is 9.18 Å². The molecule has 0 radical (unpaired) electrons. The van der Waals surface area contributed by atoms with Crippen LogP contribution in [0.5, 0.6) is 0 Å². The van der Waals surface area contributed by atoms with Crippen molar-refractivity contribution in [3.8, 4) is 0 Å². The molecule has 5 heteroatoms. The van der Waals surface area contributed by atoms with Gasteiger partial charge in [0.25, 0.3) is 0 Å². The van der Waals surface area contributed by atoms with E-state index in [1.807, 2.05) is 0 Å². The van der Waals surface area contributed by atoms with Crippen molar-refractivity contribution in [2.45, 2.75) is 26.2 Å². The number of piperidine rings is 1. The molecule has 0 aliphatic carbocycles. The summed E-state index contributed by atoms with van der Waals surface area (Å²) in [5, 5.41) is 2.68. The number of nitrogens with one attached hydrogen (secondary N) is 1. The molecular formula is C15H22FN3O. The molecule has 3 N–H and O–H groups in total. The minimum Gasteiger partial charge on any atom is -0.397 e. The van der Waals surface area contributed by atoms with Gasteiger partial charge in [0.1, 0.15) is 5.82 Å². The summed E-state index contributed by atoms with van der Waals surface area (Å²) < 4.78 is 13.1. The van der Waals surface area contributed by atoms with Crippen LogP contribution in [0.3, 0.4) is 0 Å². The zero-order valence-corrected chi connectivity index (χ0v) is 11.9. The molecule has 1 fully saturated rings. The first kappa shape index (κ1) is 14.8. The molecule has 1 heterocycles. The lowest BCUT2D eigenvalue weighted by atomic mass is 9.94. The Kier molecular flexibility index (Phi) is 4.95. The van der Waals surface area contributed by atoms with E-state index in [9.17, 15) is 9.18 Å². The molecule has 0 saturated carbocycles. The van der Waals surface area contributed by atoms with Gasteiger partial charge in [0.2, 0.25) is 5.91 Å². The molecule has 0 aromatic heterocycles. The van der Waals surface area contributed by atoms with Crippen LogP contribution in [0, 0.1) is 11.7 Å². The van der Waals surface area contributed by atoms with Gasteiger partial charge in [-0.25, -0.2) is 4.39 Å². The third-order valence-electron chi connectivity index (χ3n) is 3.94. The molecule has 1 amide bonds. The Morgan fingerprint density at radius 1 is 1.45 bits per heavy atom. The van der Waals surface area contributed by atoms with Gasteiger partial charge in [-0.05, 0) is 50.0 Å². The van der Waals surface area contributed by atoms with Gasteiger partial charge in [0.05, 0.1) is 17.9 Å². The Balaban J connectivity index is 1.85. The van der Waals surface area contributed by atoms with Crippen molar-refractivity contribution in [3.63, 3.8) is 0 Å². The molecule has 4 nitrogen and oxygen atoms in total. The fourth-order valence-electron chi connectivity index (χ4n) is 2.58. The van der Waals surface area contributed by atoms with Crippen molar-refractivity contribution in [1.82, 2.24) is 4.90 Å². The summed E-state index contributed by atoms with van der Waals surface area (Å²) in [6.45, 7) is 4.45. The van der Waals surface area contributed by atoms with Gasteiger partial charge in [0, 0.05) is 0 Å². The van der Waals surface area contributed by atoms with Gasteiger partial charge in [-0.1, -0.05) is 13.3 Å². The van der Waals surface area contributed by atoms with E-state index in [2.05, 4.69) is 17.1 Å². The van der Waals surface area contributed by atoms with Crippen molar-refractivity contribution >= 4 is 17.3 Å². The van der Waals surface area contributed by atoms with E-state index in [4.69, 9.17) is 5.73 Å². The van der Waals surface area contributed by atoms with Gasteiger partial charge in [-0.3, -0.25) is 9.69 Å². The number of likely N-dealkylation sites (tertiary alicyclic amines) is 1. The second kappa shape index (κ2) is 6.70. The van der Waals surface area contributed by atoms with Crippen LogP contribution in [0.25, 0.3) is 0 Å². The normalized spacial score (nSPS) is 17.1. The highest BCUT2D eigenvalue weighted by atomic mass is 19.1. The lowest BCUT2D eigenvalue weighted by molar-refractivity contribution is -0.117. The summed E-state index contributed by atoms with van der Waals surface area (Å²) in [5.74, 6) is 0.240. The summed E-state index contributed by atoms with van der Waals surface area (Å²) in [5.41, 5.74) is 6.44. The average molecular weight is 279 g/mol. The quantitative estimate of drug-likeness (QED) is 0.832. The van der Waals surface area contributed by atoms with Gasteiger partial charge in [-0.15, -0.1) is 0 Å². The highest BCUT2D eigenvalue weighted by Gasteiger charge is 2.19. The van der Waals surface area contributed by atoms with Gasteiger partial charge < -0.3 is 11.1 Å². The molecule has 1 aromatic rings. The molecular weight excluding hydrogens is 257 g/mol. The number of carbonyl (C=O) groups is 1. The number of carbonyl (C=O) groups excluding carboxylic acids is 1. The highest BCUT2D eigenvalue weighted by molar-refractivity contribution is 5.95. The first-order chi connectivity index (χ1) is 9.58. The monoisotopic (exact) mass is 279 g/mol. The number of hydrogen-bond acceptors (Lipinski definition) is 3. The fraction of sp³-hybridized carbons (Fsp3) is 0.533. The number of benzene rings is 1. The lowest BCUT2D eigenvalue weighted by Crippen LogP contribution is -2.39. The summed E-state index contributed by atoms with van der Waals surface area (Å²) in [7, 11) is 0. The van der Waals surface area contributed by atoms with E-state index in [0.29, 0.717) is 17.9 Å². The van der Waals surface area contributed by atoms with E-state index in [-0.39, 0.29) is 5.91 Å². The van der Waals surface area contributed by atoms with Crippen molar-refractivity contribution in [2.75, 3.05) is 30.7 Å². The van der Waals surface area contributed by atoms with E-state index in [0.717, 1.165) is 31.8 Å². The minimum atomic E-state index is -0.404. The molecule has 1 saturated heterocycles. The Labute approximate surface area is 119 Å². The first-order valence-electron chi connectivity index (χ1n) is 7.15. The smallest absolute Gasteiger partial charge is 0.238 e. The van der Waals surface area contributed by atoms with E-state index in [1.54, 1.807) is 0 Å². The third-order valence-corrected chi connectivity index (χ3v) is 3.94. The molecule has 1 aliphatic heterocycles. The molecule has 1 aliphatic rings.